The molecule has 0 fully saturated rings. The third-order valence-corrected chi connectivity index (χ3v) is 2.48. The smallest absolute Gasteiger partial charge is 0.303 e. The van der Waals surface area contributed by atoms with Crippen LogP contribution in [0.5, 0.6) is 0 Å². The van der Waals surface area contributed by atoms with Crippen LogP contribution in [0.25, 0.3) is 0 Å². The van der Waals surface area contributed by atoms with E-state index in [4.69, 9.17) is 11.6 Å². The SMILES string of the molecule is CC(=O)OC[C@@H](O)[C@@H](OC(C)=O)[C@H](OC(C)=O)[C@H](F)C(=O)Cl. The van der Waals surface area contributed by atoms with Crippen molar-refractivity contribution in [2.75, 3.05) is 6.61 Å². The van der Waals surface area contributed by atoms with Crippen molar-refractivity contribution < 1.29 is 42.9 Å². The van der Waals surface area contributed by atoms with E-state index in [9.17, 15) is 28.7 Å². The van der Waals surface area contributed by atoms with E-state index in [0.717, 1.165) is 20.8 Å². The fourth-order valence-electron chi connectivity index (χ4n) is 1.47. The summed E-state index contributed by atoms with van der Waals surface area (Å²) in [5.74, 6) is -2.70. The average Bonchev–Trinajstić information content (AvgIpc) is 2.38. The van der Waals surface area contributed by atoms with Gasteiger partial charge in [-0.1, -0.05) is 0 Å². The van der Waals surface area contributed by atoms with Crippen LogP contribution in [0, 0.1) is 0 Å². The predicted molar refractivity (Wildman–Crippen MR) is 69.5 cm³/mol. The average molecular weight is 343 g/mol. The Bertz CT molecular complexity index is 441. The highest BCUT2D eigenvalue weighted by Crippen LogP contribution is 2.19. The van der Waals surface area contributed by atoms with Crippen molar-refractivity contribution in [3.8, 4) is 0 Å². The van der Waals surface area contributed by atoms with Gasteiger partial charge in [0.2, 0.25) is 6.17 Å². The van der Waals surface area contributed by atoms with E-state index in [1.165, 1.54) is 0 Å². The van der Waals surface area contributed by atoms with Crippen molar-refractivity contribution in [3.63, 3.8) is 0 Å². The summed E-state index contributed by atoms with van der Waals surface area (Å²) in [6, 6.07) is 0. The molecule has 0 saturated heterocycles. The lowest BCUT2D eigenvalue weighted by molar-refractivity contribution is -0.186. The molecule has 0 aromatic carbocycles. The zero-order chi connectivity index (χ0) is 17.4. The van der Waals surface area contributed by atoms with E-state index in [-0.39, 0.29) is 0 Å². The summed E-state index contributed by atoms with van der Waals surface area (Å²) in [5.41, 5.74) is 0. The Morgan fingerprint density at radius 3 is 1.82 bits per heavy atom. The second-order valence-electron chi connectivity index (χ2n) is 4.22. The van der Waals surface area contributed by atoms with Crippen molar-refractivity contribution in [3.05, 3.63) is 0 Å². The number of hydrogen-bond donors (Lipinski definition) is 1. The van der Waals surface area contributed by atoms with Gasteiger partial charge >= 0.3 is 17.9 Å². The molecule has 0 heterocycles. The van der Waals surface area contributed by atoms with E-state index < -0.39 is 54.2 Å². The summed E-state index contributed by atoms with van der Waals surface area (Å²) in [6.45, 7) is 2.25. The van der Waals surface area contributed by atoms with Gasteiger partial charge in [-0.05, 0) is 11.6 Å². The highest BCUT2D eigenvalue weighted by molar-refractivity contribution is 6.64. The summed E-state index contributed by atoms with van der Waals surface area (Å²) in [7, 11) is 0. The maximum Gasteiger partial charge on any atom is 0.303 e. The number of esters is 3. The van der Waals surface area contributed by atoms with Gasteiger partial charge in [-0.15, -0.1) is 0 Å². The molecule has 0 spiro atoms. The molecule has 0 aliphatic heterocycles. The third-order valence-electron chi connectivity index (χ3n) is 2.27. The summed E-state index contributed by atoms with van der Waals surface area (Å²) >= 11 is 5.01. The van der Waals surface area contributed by atoms with E-state index >= 15 is 0 Å². The summed E-state index contributed by atoms with van der Waals surface area (Å²) in [6.07, 6.45) is -8.08. The minimum atomic E-state index is -2.55. The summed E-state index contributed by atoms with van der Waals surface area (Å²) < 4.78 is 27.6. The topological polar surface area (TPSA) is 116 Å². The first-order chi connectivity index (χ1) is 10.1. The van der Waals surface area contributed by atoms with Crippen LogP contribution >= 0.6 is 11.6 Å². The molecule has 0 saturated carbocycles. The predicted octanol–water partition coefficient (Wildman–Crippen LogP) is -0.123. The van der Waals surface area contributed by atoms with Crippen LogP contribution in [-0.4, -0.2) is 59.3 Å². The quantitative estimate of drug-likeness (QED) is 0.368. The Morgan fingerprint density at radius 2 is 1.45 bits per heavy atom. The molecule has 126 valence electrons. The molecule has 0 bridgehead atoms. The monoisotopic (exact) mass is 342 g/mol. The molecule has 0 aromatic rings. The molecule has 10 heteroatoms. The summed E-state index contributed by atoms with van der Waals surface area (Å²) in [5, 5.41) is 8.34. The maximum absolute atomic E-state index is 13.8. The fraction of sp³-hybridized carbons (Fsp3) is 0.667. The number of rotatable bonds is 8. The first-order valence-corrected chi connectivity index (χ1v) is 6.43. The van der Waals surface area contributed by atoms with E-state index in [2.05, 4.69) is 14.2 Å². The molecule has 0 aliphatic rings. The molecule has 0 aliphatic carbocycles. The number of halogens is 2. The van der Waals surface area contributed by atoms with Gasteiger partial charge in [-0.3, -0.25) is 19.2 Å². The summed E-state index contributed by atoms with van der Waals surface area (Å²) in [4.78, 5) is 43.7. The normalized spacial score (nSPS) is 15.9. The first-order valence-electron chi connectivity index (χ1n) is 6.05. The van der Waals surface area contributed by atoms with Gasteiger partial charge in [0.1, 0.15) is 12.7 Å². The first kappa shape index (κ1) is 20.3. The third kappa shape index (κ3) is 7.32. The van der Waals surface area contributed by atoms with Gasteiger partial charge in [-0.2, -0.15) is 0 Å². The maximum atomic E-state index is 13.8. The molecule has 8 nitrogen and oxygen atoms in total. The zero-order valence-corrected chi connectivity index (χ0v) is 12.8. The molecule has 1 N–H and O–H groups in total. The number of aliphatic hydroxyl groups is 1. The Hall–Kier alpha value is -1.74. The van der Waals surface area contributed by atoms with Crippen LogP contribution < -0.4 is 0 Å². The minimum absolute atomic E-state index is 0.672. The van der Waals surface area contributed by atoms with Crippen LogP contribution in [-0.2, 0) is 33.4 Å². The van der Waals surface area contributed by atoms with Gasteiger partial charge < -0.3 is 19.3 Å². The molecule has 22 heavy (non-hydrogen) atoms. The standard InChI is InChI=1S/C12H16ClFO8/c1-5(15)20-4-8(18)10(21-6(2)16)11(22-7(3)17)9(14)12(13)19/h8-11,18H,4H2,1-3H3/t8-,9+,10-,11-/m1/s1. The van der Waals surface area contributed by atoms with E-state index in [1.807, 2.05) is 0 Å². The Morgan fingerprint density at radius 1 is 1.00 bits per heavy atom. The van der Waals surface area contributed by atoms with Crippen LogP contribution in [0.2, 0.25) is 0 Å². The second kappa shape index (κ2) is 9.31. The van der Waals surface area contributed by atoms with Gasteiger partial charge in [-0.25, -0.2) is 4.39 Å². The molecule has 0 aromatic heterocycles. The van der Waals surface area contributed by atoms with Crippen molar-refractivity contribution in [2.24, 2.45) is 0 Å². The lowest BCUT2D eigenvalue weighted by Gasteiger charge is -2.30. The van der Waals surface area contributed by atoms with Crippen molar-refractivity contribution >= 4 is 34.8 Å². The molecular formula is C12H16ClFO8. The number of ether oxygens (including phenoxy) is 3. The van der Waals surface area contributed by atoms with Crippen LogP contribution in [0.4, 0.5) is 4.39 Å². The second-order valence-corrected chi connectivity index (χ2v) is 4.60. The van der Waals surface area contributed by atoms with Crippen LogP contribution in [0.1, 0.15) is 20.8 Å². The van der Waals surface area contributed by atoms with Crippen LogP contribution in [0.3, 0.4) is 0 Å². The lowest BCUT2D eigenvalue weighted by atomic mass is 10.0. The van der Waals surface area contributed by atoms with Crippen molar-refractivity contribution in [1.29, 1.82) is 0 Å². The number of alkyl halides is 1. The Kier molecular flexibility index (Phi) is 8.58. The largest absolute Gasteiger partial charge is 0.463 e. The molecule has 0 rings (SSSR count). The Balaban J connectivity index is 5.34. The molecule has 4 atom stereocenters. The van der Waals surface area contributed by atoms with E-state index in [0.29, 0.717) is 0 Å². The Labute approximate surface area is 130 Å². The highest BCUT2D eigenvalue weighted by atomic mass is 35.5. The number of aliphatic hydroxyl groups excluding tert-OH is 1. The number of carbonyl (C=O) groups is 4. The molecule has 0 radical (unpaired) electrons. The van der Waals surface area contributed by atoms with Crippen molar-refractivity contribution in [1.82, 2.24) is 0 Å². The molecule has 0 unspecified atom stereocenters. The number of carbonyl (C=O) groups excluding carboxylic acids is 4. The molecular weight excluding hydrogens is 327 g/mol. The van der Waals surface area contributed by atoms with Gasteiger partial charge in [0.15, 0.2) is 12.2 Å². The van der Waals surface area contributed by atoms with E-state index in [1.54, 1.807) is 0 Å². The van der Waals surface area contributed by atoms with Gasteiger partial charge in [0.25, 0.3) is 5.24 Å². The molecule has 0 amide bonds. The van der Waals surface area contributed by atoms with Gasteiger partial charge in [0, 0.05) is 20.8 Å². The fourth-order valence-corrected chi connectivity index (χ4v) is 1.59. The highest BCUT2D eigenvalue weighted by Gasteiger charge is 2.42. The van der Waals surface area contributed by atoms with Crippen molar-refractivity contribution in [2.45, 2.75) is 45.3 Å². The zero-order valence-electron chi connectivity index (χ0n) is 12.1. The van der Waals surface area contributed by atoms with Gasteiger partial charge in [0.05, 0.1) is 0 Å². The lowest BCUT2D eigenvalue weighted by Crippen LogP contribution is -2.51. The minimum Gasteiger partial charge on any atom is -0.463 e. The number of hydrogen-bond acceptors (Lipinski definition) is 8. The van der Waals surface area contributed by atoms with Crippen LogP contribution in [0.15, 0.2) is 0 Å².